The van der Waals surface area contributed by atoms with Gasteiger partial charge >= 0.3 is 5.97 Å². The Balaban J connectivity index is 2.16. The van der Waals surface area contributed by atoms with E-state index in [1.165, 1.54) is 6.20 Å². The molecule has 1 aromatic heterocycles. The van der Waals surface area contributed by atoms with Crippen molar-refractivity contribution < 1.29 is 20.1 Å². The van der Waals surface area contributed by atoms with Crippen molar-refractivity contribution in [3.63, 3.8) is 0 Å². The minimum absolute atomic E-state index is 0.0156. The molecule has 0 aliphatic rings. The van der Waals surface area contributed by atoms with E-state index in [0.717, 1.165) is 6.42 Å². The van der Waals surface area contributed by atoms with Crippen molar-refractivity contribution in [2.45, 2.75) is 43.9 Å². The molecule has 10 nitrogen and oxygen atoms in total. The highest BCUT2D eigenvalue weighted by molar-refractivity contribution is 5.72. The predicted octanol–water partition coefficient (Wildman–Crippen LogP) is -2.11. The monoisotopic (exact) mass is 328 g/mol. The summed E-state index contributed by atoms with van der Waals surface area (Å²) in [5.74, 6) is -0.988. The minimum Gasteiger partial charge on any atom is -0.480 e. The number of nitrogens with one attached hydrogen (secondary N) is 1. The molecule has 0 amide bonds. The number of aliphatic carboxylic acids is 1. The lowest BCUT2D eigenvalue weighted by molar-refractivity contribution is -0.138. The van der Waals surface area contributed by atoms with Crippen molar-refractivity contribution in [3.8, 4) is 0 Å². The molecule has 10 heteroatoms. The lowest BCUT2D eigenvalue weighted by atomic mass is 10.1. The van der Waals surface area contributed by atoms with Gasteiger partial charge in [0.15, 0.2) is 0 Å². The molecule has 2 unspecified atom stereocenters. The van der Waals surface area contributed by atoms with Crippen molar-refractivity contribution in [1.29, 1.82) is 0 Å². The van der Waals surface area contributed by atoms with Gasteiger partial charge in [0.05, 0.1) is 24.1 Å². The van der Waals surface area contributed by atoms with E-state index in [1.54, 1.807) is 0 Å². The van der Waals surface area contributed by atoms with Gasteiger partial charge in [0, 0.05) is 13.0 Å². The molecule has 0 fully saturated rings. The fourth-order valence-electron chi connectivity index (χ4n) is 1.93. The third-order valence-electron chi connectivity index (χ3n) is 3.28. The molecule has 0 bridgehead atoms. The van der Waals surface area contributed by atoms with Gasteiger partial charge in [-0.3, -0.25) is 4.79 Å². The summed E-state index contributed by atoms with van der Waals surface area (Å²) in [4.78, 5) is 14.4. The van der Waals surface area contributed by atoms with Gasteiger partial charge in [-0.15, -0.1) is 5.10 Å². The maximum absolute atomic E-state index is 10.5. The number of carbonyl (C=O) groups is 1. The molecule has 0 aliphatic heterocycles. The second-order valence-electron chi connectivity index (χ2n) is 5.29. The number of nitrogen functional groups attached to an aromatic ring is 1. The van der Waals surface area contributed by atoms with Gasteiger partial charge in [-0.2, -0.15) is 5.10 Å². The van der Waals surface area contributed by atoms with E-state index in [4.69, 9.17) is 16.6 Å². The highest BCUT2D eigenvalue weighted by Crippen LogP contribution is 2.03. The molecule has 1 heterocycles. The molecule has 23 heavy (non-hydrogen) atoms. The van der Waals surface area contributed by atoms with Crippen LogP contribution < -0.4 is 16.8 Å². The Hall–Kier alpha value is -1.88. The number of nitrogens with two attached hydrogens (primary N) is 2. The van der Waals surface area contributed by atoms with Gasteiger partial charge in [0.1, 0.15) is 6.04 Å². The number of aliphatic hydroxyl groups is 2. The van der Waals surface area contributed by atoms with Crippen LogP contribution in [0, 0.1) is 0 Å². The molecule has 1 rings (SSSR count). The van der Waals surface area contributed by atoms with Gasteiger partial charge in [0.25, 0.3) is 0 Å². The SMILES string of the molecule is Nc1nncc(CC(O)C(O)CNCCCC[C@H](N)C(=O)O)n1. The number of aliphatic hydroxyl groups excluding tert-OH is 2. The number of nitrogens with zero attached hydrogens (tertiary/aromatic N) is 3. The molecule has 0 aromatic carbocycles. The molecule has 0 aliphatic carbocycles. The molecule has 130 valence electrons. The zero-order valence-electron chi connectivity index (χ0n) is 12.8. The Bertz CT molecular complexity index is 489. The van der Waals surface area contributed by atoms with Gasteiger partial charge < -0.3 is 32.1 Å². The van der Waals surface area contributed by atoms with E-state index >= 15 is 0 Å². The number of unbranched alkanes of at least 4 members (excludes halogenated alkanes) is 1. The third-order valence-corrected chi connectivity index (χ3v) is 3.28. The van der Waals surface area contributed by atoms with Crippen LogP contribution in [-0.4, -0.2) is 67.8 Å². The van der Waals surface area contributed by atoms with Crippen molar-refractivity contribution in [2.24, 2.45) is 5.73 Å². The van der Waals surface area contributed by atoms with Crippen LogP contribution in [0.4, 0.5) is 5.95 Å². The third kappa shape index (κ3) is 7.79. The minimum atomic E-state index is -1.00. The number of hydrogen-bond acceptors (Lipinski definition) is 9. The molecular formula is C13H24N6O4. The van der Waals surface area contributed by atoms with E-state index in [9.17, 15) is 15.0 Å². The van der Waals surface area contributed by atoms with E-state index in [1.807, 2.05) is 0 Å². The topological polar surface area (TPSA) is 180 Å². The van der Waals surface area contributed by atoms with Crippen molar-refractivity contribution in [2.75, 3.05) is 18.8 Å². The normalized spacial score (nSPS) is 15.1. The summed E-state index contributed by atoms with van der Waals surface area (Å²) in [6.07, 6.45) is 1.35. The van der Waals surface area contributed by atoms with Crippen LogP contribution in [-0.2, 0) is 11.2 Å². The van der Waals surface area contributed by atoms with Crippen LogP contribution in [0.25, 0.3) is 0 Å². The maximum Gasteiger partial charge on any atom is 0.320 e. The number of hydrogen-bond donors (Lipinski definition) is 6. The smallest absolute Gasteiger partial charge is 0.320 e. The summed E-state index contributed by atoms with van der Waals surface area (Å²) >= 11 is 0. The van der Waals surface area contributed by atoms with Crippen LogP contribution in [0.2, 0.25) is 0 Å². The Morgan fingerprint density at radius 1 is 1.30 bits per heavy atom. The van der Waals surface area contributed by atoms with Gasteiger partial charge in [0.2, 0.25) is 5.95 Å². The number of aromatic nitrogens is 3. The number of anilines is 1. The van der Waals surface area contributed by atoms with E-state index in [0.29, 0.717) is 25.1 Å². The molecule has 0 saturated carbocycles. The average molecular weight is 328 g/mol. The fraction of sp³-hybridized carbons (Fsp3) is 0.692. The van der Waals surface area contributed by atoms with Crippen LogP contribution in [0.3, 0.4) is 0 Å². The zero-order valence-corrected chi connectivity index (χ0v) is 12.8. The molecular weight excluding hydrogens is 304 g/mol. The molecule has 0 radical (unpaired) electrons. The number of carboxylic acid groups (broad SMARTS) is 1. The zero-order chi connectivity index (χ0) is 17.2. The highest BCUT2D eigenvalue weighted by atomic mass is 16.4. The molecule has 8 N–H and O–H groups in total. The Labute approximate surface area is 133 Å². The fourth-order valence-corrected chi connectivity index (χ4v) is 1.93. The standard InChI is InChI=1S/C13H24N6O4/c14-9(12(22)23)3-1-2-4-16-7-11(21)10(20)5-8-6-17-19-13(15)18-8/h6,9-11,16,20-21H,1-5,7,14H2,(H,22,23)(H2,15,18,19)/t9-,10?,11?/m0/s1. The first-order valence-electron chi connectivity index (χ1n) is 7.39. The predicted molar refractivity (Wildman–Crippen MR) is 82.3 cm³/mol. The summed E-state index contributed by atoms with van der Waals surface area (Å²) in [7, 11) is 0. The second-order valence-corrected chi connectivity index (χ2v) is 5.29. The molecule has 0 saturated heterocycles. The van der Waals surface area contributed by atoms with Crippen molar-refractivity contribution in [3.05, 3.63) is 11.9 Å². The summed E-state index contributed by atoms with van der Waals surface area (Å²) in [6.45, 7) is 0.804. The molecule has 3 atom stereocenters. The first-order chi connectivity index (χ1) is 10.9. The number of carboxylic acids is 1. The van der Waals surface area contributed by atoms with Gasteiger partial charge in [-0.1, -0.05) is 6.42 Å². The van der Waals surface area contributed by atoms with Crippen molar-refractivity contribution >= 4 is 11.9 Å². The summed E-state index contributed by atoms with van der Waals surface area (Å²) in [5, 5.41) is 38.5. The first kappa shape index (κ1) is 19.2. The van der Waals surface area contributed by atoms with E-state index < -0.39 is 24.2 Å². The summed E-state index contributed by atoms with van der Waals surface area (Å²) in [6, 6.07) is -0.837. The first-order valence-corrected chi connectivity index (χ1v) is 7.39. The lowest BCUT2D eigenvalue weighted by Crippen LogP contribution is -2.38. The highest BCUT2D eigenvalue weighted by Gasteiger charge is 2.17. The van der Waals surface area contributed by atoms with Crippen LogP contribution >= 0.6 is 0 Å². The van der Waals surface area contributed by atoms with Gasteiger partial charge in [-0.25, -0.2) is 4.98 Å². The summed E-state index contributed by atoms with van der Waals surface area (Å²) < 4.78 is 0. The second kappa shape index (κ2) is 10.0. The largest absolute Gasteiger partial charge is 0.480 e. The Kier molecular flexibility index (Phi) is 8.33. The lowest BCUT2D eigenvalue weighted by Gasteiger charge is -2.18. The summed E-state index contributed by atoms with van der Waals surface area (Å²) in [5.41, 5.74) is 11.2. The Morgan fingerprint density at radius 3 is 2.70 bits per heavy atom. The quantitative estimate of drug-likeness (QED) is 0.246. The Morgan fingerprint density at radius 2 is 2.04 bits per heavy atom. The molecule has 1 aromatic rings. The van der Waals surface area contributed by atoms with Crippen molar-refractivity contribution in [1.82, 2.24) is 20.5 Å². The van der Waals surface area contributed by atoms with Crippen LogP contribution in [0.1, 0.15) is 25.0 Å². The maximum atomic E-state index is 10.5. The molecule has 0 spiro atoms. The van der Waals surface area contributed by atoms with Crippen LogP contribution in [0.5, 0.6) is 0 Å². The average Bonchev–Trinajstić information content (AvgIpc) is 2.50. The van der Waals surface area contributed by atoms with E-state index in [-0.39, 0.29) is 18.9 Å². The number of rotatable bonds is 11. The van der Waals surface area contributed by atoms with Crippen LogP contribution in [0.15, 0.2) is 6.20 Å². The van der Waals surface area contributed by atoms with Gasteiger partial charge in [-0.05, 0) is 19.4 Å². The van der Waals surface area contributed by atoms with E-state index in [2.05, 4.69) is 20.5 Å².